The van der Waals surface area contributed by atoms with E-state index < -0.39 is 0 Å². The Bertz CT molecular complexity index is 769. The second-order valence-electron chi connectivity index (χ2n) is 7.65. The van der Waals surface area contributed by atoms with Crippen LogP contribution in [0.25, 0.3) is 0 Å². The number of piperidine rings is 1. The number of nitrogens with zero attached hydrogens (tertiary/aromatic N) is 4. The molecular weight excluding hydrogens is 326 g/mol. The van der Waals surface area contributed by atoms with E-state index in [9.17, 15) is 4.79 Å². The van der Waals surface area contributed by atoms with Gasteiger partial charge in [-0.25, -0.2) is 4.98 Å². The van der Waals surface area contributed by atoms with Crippen molar-refractivity contribution in [2.75, 3.05) is 26.2 Å². The van der Waals surface area contributed by atoms with Crippen LogP contribution in [0.1, 0.15) is 54.5 Å². The van der Waals surface area contributed by atoms with Crippen LogP contribution in [0.3, 0.4) is 0 Å². The third-order valence-electron chi connectivity index (χ3n) is 6.22. The predicted molar refractivity (Wildman–Crippen MR) is 101 cm³/mol. The van der Waals surface area contributed by atoms with Gasteiger partial charge in [0.25, 0.3) is 5.91 Å². The fourth-order valence-electron chi connectivity index (χ4n) is 4.68. The third kappa shape index (κ3) is 2.76. The zero-order chi connectivity index (χ0) is 18.1. The summed E-state index contributed by atoms with van der Waals surface area (Å²) in [5, 5.41) is 0. The number of H-pyrrole nitrogens is 1. The zero-order valence-electron chi connectivity index (χ0n) is 15.9. The van der Waals surface area contributed by atoms with E-state index in [0.717, 1.165) is 51.1 Å². The number of rotatable bonds is 4. The molecule has 4 heterocycles. The van der Waals surface area contributed by atoms with Crippen LogP contribution in [0.5, 0.6) is 0 Å². The molecule has 140 valence electrons. The van der Waals surface area contributed by atoms with Gasteiger partial charge in [0.05, 0.1) is 17.6 Å². The molecule has 0 aromatic carbocycles. The van der Waals surface area contributed by atoms with Gasteiger partial charge in [0.15, 0.2) is 0 Å². The molecule has 2 aliphatic heterocycles. The molecule has 1 amide bonds. The first kappa shape index (κ1) is 17.3. The molecule has 26 heavy (non-hydrogen) atoms. The van der Waals surface area contributed by atoms with Crippen molar-refractivity contribution < 1.29 is 4.79 Å². The molecule has 0 unspecified atom stereocenters. The standard InChI is InChI=1S/C20H29N5O/c1-3-4-11-25-12-7-16-18(22-15-21-16)20(25)8-13-24(14-9-20)19(26)17-6-5-10-23(17)2/h5-6,10,15H,3-4,7-9,11-14H2,1-2H3,(H,21,22). The van der Waals surface area contributed by atoms with E-state index in [1.807, 2.05) is 41.2 Å². The van der Waals surface area contributed by atoms with Crippen molar-refractivity contribution in [2.24, 2.45) is 7.05 Å². The third-order valence-corrected chi connectivity index (χ3v) is 6.22. The van der Waals surface area contributed by atoms with Crippen molar-refractivity contribution in [1.82, 2.24) is 24.3 Å². The maximum atomic E-state index is 12.9. The Morgan fingerprint density at radius 3 is 2.81 bits per heavy atom. The molecule has 2 aromatic rings. The van der Waals surface area contributed by atoms with E-state index in [-0.39, 0.29) is 11.4 Å². The highest BCUT2D eigenvalue weighted by Gasteiger charge is 2.46. The molecule has 0 bridgehead atoms. The Morgan fingerprint density at radius 1 is 1.31 bits per heavy atom. The highest BCUT2D eigenvalue weighted by molar-refractivity contribution is 5.92. The van der Waals surface area contributed by atoms with Crippen LogP contribution in [0.15, 0.2) is 24.7 Å². The summed E-state index contributed by atoms with van der Waals surface area (Å²) in [4.78, 5) is 25.6. The Hall–Kier alpha value is -2.08. The average molecular weight is 355 g/mol. The number of unbranched alkanes of at least 4 members (excludes halogenated alkanes) is 1. The van der Waals surface area contributed by atoms with Crippen LogP contribution >= 0.6 is 0 Å². The van der Waals surface area contributed by atoms with Gasteiger partial charge in [0.1, 0.15) is 5.69 Å². The number of carbonyl (C=O) groups is 1. The van der Waals surface area contributed by atoms with Gasteiger partial charge >= 0.3 is 0 Å². The summed E-state index contributed by atoms with van der Waals surface area (Å²) in [5.74, 6) is 0.144. The summed E-state index contributed by atoms with van der Waals surface area (Å²) < 4.78 is 1.91. The number of likely N-dealkylation sites (tertiary alicyclic amines) is 1. The van der Waals surface area contributed by atoms with Gasteiger partial charge in [-0.1, -0.05) is 13.3 Å². The van der Waals surface area contributed by atoms with Crippen LogP contribution in [-0.4, -0.2) is 56.4 Å². The lowest BCUT2D eigenvalue weighted by atomic mass is 9.78. The van der Waals surface area contributed by atoms with Crippen LogP contribution < -0.4 is 0 Å². The van der Waals surface area contributed by atoms with Crippen LogP contribution in [0, 0.1) is 0 Å². The Morgan fingerprint density at radius 2 is 2.12 bits per heavy atom. The number of fused-ring (bicyclic) bond motifs is 2. The van der Waals surface area contributed by atoms with Gasteiger partial charge in [0.2, 0.25) is 0 Å². The molecule has 1 fully saturated rings. The number of hydrogen-bond donors (Lipinski definition) is 1. The first-order chi connectivity index (χ1) is 12.7. The lowest BCUT2D eigenvalue weighted by Crippen LogP contribution is -2.57. The molecule has 4 rings (SSSR count). The molecule has 1 saturated heterocycles. The Labute approximate surface area is 155 Å². The van der Waals surface area contributed by atoms with E-state index >= 15 is 0 Å². The number of imidazole rings is 1. The SMILES string of the molecule is CCCCN1CCc2[nH]cnc2C12CCN(C(=O)c1cccn1C)CC2. The monoisotopic (exact) mass is 355 g/mol. The summed E-state index contributed by atoms with van der Waals surface area (Å²) in [6.07, 6.45) is 9.17. The predicted octanol–water partition coefficient (Wildman–Crippen LogP) is 2.54. The van der Waals surface area contributed by atoms with Crippen molar-refractivity contribution in [1.29, 1.82) is 0 Å². The van der Waals surface area contributed by atoms with Gasteiger partial charge in [-0.15, -0.1) is 0 Å². The number of aryl methyl sites for hydroxylation is 1. The number of nitrogens with one attached hydrogen (secondary N) is 1. The van der Waals surface area contributed by atoms with E-state index in [1.165, 1.54) is 24.2 Å². The van der Waals surface area contributed by atoms with Gasteiger partial charge in [-0.05, 0) is 37.9 Å². The molecule has 2 aliphatic rings. The normalized spacial score (nSPS) is 19.7. The van der Waals surface area contributed by atoms with Crippen LogP contribution in [0.2, 0.25) is 0 Å². The highest BCUT2D eigenvalue weighted by atomic mass is 16.2. The second-order valence-corrected chi connectivity index (χ2v) is 7.65. The summed E-state index contributed by atoms with van der Waals surface area (Å²) >= 11 is 0. The summed E-state index contributed by atoms with van der Waals surface area (Å²) in [7, 11) is 1.93. The van der Waals surface area contributed by atoms with Crippen molar-refractivity contribution in [2.45, 2.75) is 44.6 Å². The molecule has 0 aliphatic carbocycles. The molecule has 0 radical (unpaired) electrons. The van der Waals surface area contributed by atoms with Crippen molar-refractivity contribution in [3.8, 4) is 0 Å². The maximum Gasteiger partial charge on any atom is 0.270 e. The van der Waals surface area contributed by atoms with Gasteiger partial charge in [-0.2, -0.15) is 0 Å². The topological polar surface area (TPSA) is 57.2 Å². The van der Waals surface area contributed by atoms with Crippen molar-refractivity contribution >= 4 is 5.91 Å². The van der Waals surface area contributed by atoms with Crippen LogP contribution in [0.4, 0.5) is 0 Å². The molecule has 0 saturated carbocycles. The number of hydrogen-bond acceptors (Lipinski definition) is 3. The van der Waals surface area contributed by atoms with Gasteiger partial charge in [-0.3, -0.25) is 9.69 Å². The summed E-state index contributed by atoms with van der Waals surface area (Å²) in [6, 6.07) is 3.84. The molecule has 6 nitrogen and oxygen atoms in total. The summed E-state index contributed by atoms with van der Waals surface area (Å²) in [6.45, 7) is 6.03. The smallest absolute Gasteiger partial charge is 0.270 e. The lowest BCUT2D eigenvalue weighted by molar-refractivity contribution is 0.00603. The quantitative estimate of drug-likeness (QED) is 0.917. The maximum absolute atomic E-state index is 12.9. The van der Waals surface area contributed by atoms with E-state index in [0.29, 0.717) is 0 Å². The number of aromatic amines is 1. The fraction of sp³-hybridized carbons (Fsp3) is 0.600. The first-order valence-electron chi connectivity index (χ1n) is 9.84. The number of amides is 1. The fourth-order valence-corrected chi connectivity index (χ4v) is 4.68. The van der Waals surface area contributed by atoms with E-state index in [4.69, 9.17) is 4.98 Å². The van der Waals surface area contributed by atoms with Gasteiger partial charge in [0, 0.05) is 45.0 Å². The highest BCUT2D eigenvalue weighted by Crippen LogP contribution is 2.42. The minimum absolute atomic E-state index is 0.00621. The van der Waals surface area contributed by atoms with Crippen LogP contribution in [-0.2, 0) is 19.0 Å². The van der Waals surface area contributed by atoms with E-state index in [1.54, 1.807) is 0 Å². The largest absolute Gasteiger partial charge is 0.348 e. The Kier molecular flexibility index (Phi) is 4.61. The Balaban J connectivity index is 1.55. The van der Waals surface area contributed by atoms with Crippen molar-refractivity contribution in [3.63, 3.8) is 0 Å². The zero-order valence-corrected chi connectivity index (χ0v) is 15.9. The molecule has 0 atom stereocenters. The number of carbonyl (C=O) groups excluding carboxylic acids is 1. The van der Waals surface area contributed by atoms with Crippen molar-refractivity contribution in [3.05, 3.63) is 41.7 Å². The molecular formula is C20H29N5O. The first-order valence-corrected chi connectivity index (χ1v) is 9.84. The summed E-state index contributed by atoms with van der Waals surface area (Å²) in [5.41, 5.74) is 3.28. The molecule has 1 spiro atoms. The number of aromatic nitrogens is 3. The average Bonchev–Trinajstić information content (AvgIpc) is 3.31. The lowest BCUT2D eigenvalue weighted by Gasteiger charge is -2.50. The minimum atomic E-state index is -0.00621. The van der Waals surface area contributed by atoms with Gasteiger partial charge < -0.3 is 14.5 Å². The second kappa shape index (κ2) is 6.91. The molecule has 1 N–H and O–H groups in total. The molecule has 6 heteroatoms. The molecule has 2 aromatic heterocycles. The minimum Gasteiger partial charge on any atom is -0.348 e. The van der Waals surface area contributed by atoms with E-state index in [2.05, 4.69) is 16.8 Å².